The zero-order valence-electron chi connectivity index (χ0n) is 15.4. The SMILES string of the molecule is O=C(Nc1ccc(C(F)(F)F)cc1)c1ccc(-c2nnc(-c3ccccc3)o2)cc1. The lowest BCUT2D eigenvalue weighted by atomic mass is 10.1. The number of carbonyl (C=O) groups is 1. The van der Waals surface area contributed by atoms with Crippen molar-refractivity contribution in [3.05, 3.63) is 90.0 Å². The summed E-state index contributed by atoms with van der Waals surface area (Å²) in [4.78, 5) is 12.3. The molecule has 1 N–H and O–H groups in total. The fraction of sp³-hybridized carbons (Fsp3) is 0.0455. The van der Waals surface area contributed by atoms with Gasteiger partial charge in [-0.15, -0.1) is 10.2 Å². The Hall–Kier alpha value is -3.94. The maximum absolute atomic E-state index is 12.6. The number of rotatable bonds is 4. The van der Waals surface area contributed by atoms with Gasteiger partial charge in [-0.05, 0) is 60.7 Å². The summed E-state index contributed by atoms with van der Waals surface area (Å²) >= 11 is 0. The minimum atomic E-state index is -4.42. The van der Waals surface area contributed by atoms with Gasteiger partial charge in [0.2, 0.25) is 11.8 Å². The molecule has 1 heterocycles. The number of anilines is 1. The number of amides is 1. The Morgan fingerprint density at radius 1 is 0.767 bits per heavy atom. The molecule has 0 saturated heterocycles. The summed E-state index contributed by atoms with van der Waals surface area (Å²) in [5.41, 5.74) is 1.25. The number of benzene rings is 3. The number of halogens is 3. The van der Waals surface area contributed by atoms with Crippen molar-refractivity contribution in [2.24, 2.45) is 0 Å². The zero-order chi connectivity index (χ0) is 21.1. The van der Waals surface area contributed by atoms with Crippen molar-refractivity contribution in [2.75, 3.05) is 5.32 Å². The molecule has 30 heavy (non-hydrogen) atoms. The second-order valence-electron chi connectivity index (χ2n) is 6.38. The van der Waals surface area contributed by atoms with Crippen molar-refractivity contribution in [3.8, 4) is 22.9 Å². The molecule has 1 aromatic heterocycles. The van der Waals surface area contributed by atoms with E-state index in [1.165, 1.54) is 12.1 Å². The van der Waals surface area contributed by atoms with Crippen molar-refractivity contribution in [1.82, 2.24) is 10.2 Å². The Kier molecular flexibility index (Phi) is 5.05. The highest BCUT2D eigenvalue weighted by atomic mass is 19.4. The second-order valence-corrected chi connectivity index (χ2v) is 6.38. The third-order valence-corrected chi connectivity index (χ3v) is 4.31. The van der Waals surface area contributed by atoms with Gasteiger partial charge in [0, 0.05) is 22.4 Å². The van der Waals surface area contributed by atoms with Crippen LogP contribution in [0.2, 0.25) is 0 Å². The summed E-state index contributed by atoms with van der Waals surface area (Å²) in [6.45, 7) is 0. The molecule has 0 radical (unpaired) electrons. The summed E-state index contributed by atoms with van der Waals surface area (Å²) in [6.07, 6.45) is -4.42. The molecule has 5 nitrogen and oxygen atoms in total. The molecule has 0 atom stereocenters. The van der Waals surface area contributed by atoms with Gasteiger partial charge in [0.25, 0.3) is 5.91 Å². The summed E-state index contributed by atoms with van der Waals surface area (Å²) in [5.74, 6) is 0.245. The second kappa shape index (κ2) is 7.82. The molecule has 4 rings (SSSR count). The average molecular weight is 409 g/mol. The van der Waals surface area contributed by atoms with E-state index in [-0.39, 0.29) is 5.69 Å². The minimum Gasteiger partial charge on any atom is -0.416 e. The first kappa shape index (κ1) is 19.4. The van der Waals surface area contributed by atoms with Crippen molar-refractivity contribution >= 4 is 11.6 Å². The summed E-state index contributed by atoms with van der Waals surface area (Å²) < 4.78 is 43.5. The Bertz CT molecular complexity index is 1150. The van der Waals surface area contributed by atoms with Crippen LogP contribution in [0.15, 0.2) is 83.3 Å². The number of hydrogen-bond donors (Lipinski definition) is 1. The summed E-state index contributed by atoms with van der Waals surface area (Å²) in [5, 5.41) is 10.6. The monoisotopic (exact) mass is 409 g/mol. The van der Waals surface area contributed by atoms with Gasteiger partial charge in [0.15, 0.2) is 0 Å². The fourth-order valence-corrected chi connectivity index (χ4v) is 2.75. The van der Waals surface area contributed by atoms with Crippen molar-refractivity contribution in [1.29, 1.82) is 0 Å². The van der Waals surface area contributed by atoms with E-state index in [1.54, 1.807) is 24.3 Å². The molecule has 0 fully saturated rings. The topological polar surface area (TPSA) is 68.0 Å². The Balaban J connectivity index is 1.46. The van der Waals surface area contributed by atoms with Crippen LogP contribution in [-0.2, 0) is 6.18 Å². The molecule has 0 spiro atoms. The van der Waals surface area contributed by atoms with Crippen molar-refractivity contribution < 1.29 is 22.4 Å². The number of aromatic nitrogens is 2. The van der Waals surface area contributed by atoms with Crippen LogP contribution in [0.25, 0.3) is 22.9 Å². The van der Waals surface area contributed by atoms with Gasteiger partial charge in [-0.3, -0.25) is 4.79 Å². The molecular formula is C22H14F3N3O2. The summed E-state index contributed by atoms with van der Waals surface area (Å²) in [7, 11) is 0. The third-order valence-electron chi connectivity index (χ3n) is 4.31. The molecule has 1 amide bonds. The van der Waals surface area contributed by atoms with Crippen LogP contribution >= 0.6 is 0 Å². The molecule has 0 bridgehead atoms. The van der Waals surface area contributed by atoms with Crippen molar-refractivity contribution in [2.45, 2.75) is 6.18 Å². The van der Waals surface area contributed by atoms with E-state index in [0.717, 1.165) is 17.7 Å². The van der Waals surface area contributed by atoms with Crippen LogP contribution in [0.3, 0.4) is 0 Å². The van der Waals surface area contributed by atoms with Gasteiger partial charge < -0.3 is 9.73 Å². The average Bonchev–Trinajstić information content (AvgIpc) is 3.24. The highest BCUT2D eigenvalue weighted by Gasteiger charge is 2.30. The smallest absolute Gasteiger partial charge is 0.416 e. The predicted molar refractivity (Wildman–Crippen MR) is 105 cm³/mol. The van der Waals surface area contributed by atoms with Crippen LogP contribution in [0, 0.1) is 0 Å². The molecule has 0 saturated carbocycles. The predicted octanol–water partition coefficient (Wildman–Crippen LogP) is 5.67. The first-order chi connectivity index (χ1) is 14.4. The van der Waals surface area contributed by atoms with E-state index < -0.39 is 17.6 Å². The number of nitrogens with one attached hydrogen (secondary N) is 1. The maximum Gasteiger partial charge on any atom is 0.416 e. The van der Waals surface area contributed by atoms with Gasteiger partial charge in [0.05, 0.1) is 5.56 Å². The zero-order valence-corrected chi connectivity index (χ0v) is 15.4. The lowest BCUT2D eigenvalue weighted by Gasteiger charge is -2.09. The standard InChI is InChI=1S/C22H14F3N3O2/c23-22(24,25)17-10-12-18(13-11-17)26-19(29)14-6-8-16(9-7-14)21-28-27-20(30-21)15-4-2-1-3-5-15/h1-13H,(H,26,29). The van der Waals surface area contributed by atoms with Gasteiger partial charge >= 0.3 is 6.18 Å². The van der Waals surface area contributed by atoms with Crippen molar-refractivity contribution in [3.63, 3.8) is 0 Å². The minimum absolute atomic E-state index is 0.265. The number of nitrogens with zero attached hydrogens (tertiary/aromatic N) is 2. The van der Waals surface area contributed by atoms with Crippen LogP contribution in [0.1, 0.15) is 15.9 Å². The van der Waals surface area contributed by atoms with E-state index in [2.05, 4.69) is 15.5 Å². The molecule has 0 unspecified atom stereocenters. The lowest BCUT2D eigenvalue weighted by Crippen LogP contribution is -2.12. The molecule has 8 heteroatoms. The molecule has 0 aliphatic rings. The quantitative estimate of drug-likeness (QED) is 0.471. The molecule has 3 aromatic carbocycles. The number of carbonyl (C=O) groups excluding carboxylic acids is 1. The van der Waals surface area contributed by atoms with E-state index in [9.17, 15) is 18.0 Å². The normalized spacial score (nSPS) is 11.3. The van der Waals surface area contributed by atoms with Crippen LogP contribution in [0.4, 0.5) is 18.9 Å². The molecule has 0 aliphatic carbocycles. The highest BCUT2D eigenvalue weighted by Crippen LogP contribution is 2.30. The Morgan fingerprint density at radius 3 is 1.90 bits per heavy atom. The number of hydrogen-bond acceptors (Lipinski definition) is 4. The summed E-state index contributed by atoms with van der Waals surface area (Å²) in [6, 6.07) is 20.0. The van der Waals surface area contributed by atoms with Crippen LogP contribution < -0.4 is 5.32 Å². The van der Waals surface area contributed by atoms with Crippen LogP contribution in [-0.4, -0.2) is 16.1 Å². The molecular weight excluding hydrogens is 395 g/mol. The molecule has 4 aromatic rings. The van der Waals surface area contributed by atoms with E-state index in [0.29, 0.717) is 22.9 Å². The van der Waals surface area contributed by atoms with E-state index >= 15 is 0 Å². The molecule has 150 valence electrons. The van der Waals surface area contributed by atoms with Gasteiger partial charge in [-0.2, -0.15) is 13.2 Å². The van der Waals surface area contributed by atoms with E-state index in [1.807, 2.05) is 30.3 Å². The maximum atomic E-state index is 12.6. The first-order valence-corrected chi connectivity index (χ1v) is 8.88. The van der Waals surface area contributed by atoms with Gasteiger partial charge in [0.1, 0.15) is 0 Å². The Labute approximate surface area is 169 Å². The Morgan fingerprint density at radius 2 is 1.33 bits per heavy atom. The van der Waals surface area contributed by atoms with Crippen LogP contribution in [0.5, 0.6) is 0 Å². The lowest BCUT2D eigenvalue weighted by molar-refractivity contribution is -0.137. The van der Waals surface area contributed by atoms with Gasteiger partial charge in [-0.25, -0.2) is 0 Å². The molecule has 0 aliphatic heterocycles. The van der Waals surface area contributed by atoms with Gasteiger partial charge in [-0.1, -0.05) is 18.2 Å². The largest absolute Gasteiger partial charge is 0.416 e. The first-order valence-electron chi connectivity index (χ1n) is 8.88. The number of alkyl halides is 3. The fourth-order valence-electron chi connectivity index (χ4n) is 2.75. The third kappa shape index (κ3) is 4.22. The van der Waals surface area contributed by atoms with E-state index in [4.69, 9.17) is 4.42 Å². The highest BCUT2D eigenvalue weighted by molar-refractivity contribution is 6.04.